The third-order valence-corrected chi connectivity index (χ3v) is 3.11. The number of nitrogens with two attached hydrogens (primary N) is 1. The minimum Gasteiger partial charge on any atom is -0.399 e. The van der Waals surface area contributed by atoms with Gasteiger partial charge in [-0.2, -0.15) is 0 Å². The van der Waals surface area contributed by atoms with Gasteiger partial charge in [-0.25, -0.2) is 0 Å². The molecule has 2 aromatic rings. The standard InChI is InChI=1S/C15H21N3O/c1-15(2,3)6-7-17-14(19)12-9-18-13-8-10(16)4-5-11(12)13/h4-5,8-9,18H,6-7,16H2,1-3H3,(H,17,19). The van der Waals surface area contributed by atoms with Crippen molar-refractivity contribution < 1.29 is 4.79 Å². The van der Waals surface area contributed by atoms with Gasteiger partial charge in [0.05, 0.1) is 5.56 Å². The predicted molar refractivity (Wildman–Crippen MR) is 79.1 cm³/mol. The number of anilines is 1. The highest BCUT2D eigenvalue weighted by molar-refractivity contribution is 6.07. The Kier molecular flexibility index (Phi) is 3.51. The number of benzene rings is 1. The summed E-state index contributed by atoms with van der Waals surface area (Å²) in [5.41, 5.74) is 8.19. The fourth-order valence-electron chi connectivity index (χ4n) is 1.98. The van der Waals surface area contributed by atoms with E-state index in [0.29, 0.717) is 17.8 Å². The van der Waals surface area contributed by atoms with Gasteiger partial charge in [-0.3, -0.25) is 4.79 Å². The molecule has 1 aromatic carbocycles. The molecule has 0 fully saturated rings. The average Bonchev–Trinajstić information content (AvgIpc) is 2.69. The van der Waals surface area contributed by atoms with Crippen molar-refractivity contribution in [1.29, 1.82) is 0 Å². The Labute approximate surface area is 113 Å². The summed E-state index contributed by atoms with van der Waals surface area (Å²) in [5.74, 6) is -0.0414. The van der Waals surface area contributed by atoms with E-state index in [1.54, 1.807) is 6.20 Å². The van der Waals surface area contributed by atoms with E-state index in [1.165, 1.54) is 0 Å². The molecule has 0 spiro atoms. The second-order valence-electron chi connectivity index (χ2n) is 6.07. The van der Waals surface area contributed by atoms with Crippen LogP contribution >= 0.6 is 0 Å². The predicted octanol–water partition coefficient (Wildman–Crippen LogP) is 2.92. The zero-order valence-corrected chi connectivity index (χ0v) is 11.7. The van der Waals surface area contributed by atoms with E-state index in [0.717, 1.165) is 17.3 Å². The summed E-state index contributed by atoms with van der Waals surface area (Å²) >= 11 is 0. The molecule has 102 valence electrons. The molecule has 1 aromatic heterocycles. The minimum absolute atomic E-state index is 0.0414. The highest BCUT2D eigenvalue weighted by atomic mass is 16.1. The van der Waals surface area contributed by atoms with E-state index in [9.17, 15) is 4.79 Å². The summed E-state index contributed by atoms with van der Waals surface area (Å²) in [5, 5.41) is 3.86. The Morgan fingerprint density at radius 2 is 2.11 bits per heavy atom. The normalized spacial score (nSPS) is 11.7. The van der Waals surface area contributed by atoms with E-state index >= 15 is 0 Å². The molecular formula is C15H21N3O. The number of nitrogen functional groups attached to an aromatic ring is 1. The topological polar surface area (TPSA) is 70.9 Å². The molecule has 1 heterocycles. The number of amides is 1. The van der Waals surface area contributed by atoms with Crippen LogP contribution < -0.4 is 11.1 Å². The number of carbonyl (C=O) groups excluding carboxylic acids is 1. The van der Waals surface area contributed by atoms with Gasteiger partial charge < -0.3 is 16.0 Å². The van der Waals surface area contributed by atoms with Crippen molar-refractivity contribution in [3.8, 4) is 0 Å². The van der Waals surface area contributed by atoms with E-state index in [1.807, 2.05) is 18.2 Å². The van der Waals surface area contributed by atoms with Crippen LogP contribution in [0.25, 0.3) is 10.9 Å². The van der Waals surface area contributed by atoms with Gasteiger partial charge in [0.1, 0.15) is 0 Å². The molecule has 0 aliphatic carbocycles. The number of aromatic nitrogens is 1. The fourth-order valence-corrected chi connectivity index (χ4v) is 1.98. The highest BCUT2D eigenvalue weighted by Crippen LogP contribution is 2.21. The van der Waals surface area contributed by atoms with Crippen molar-refractivity contribution in [2.24, 2.45) is 5.41 Å². The molecule has 0 atom stereocenters. The van der Waals surface area contributed by atoms with Crippen molar-refractivity contribution in [3.05, 3.63) is 30.0 Å². The van der Waals surface area contributed by atoms with Gasteiger partial charge in [0.15, 0.2) is 0 Å². The molecule has 0 radical (unpaired) electrons. The van der Waals surface area contributed by atoms with Crippen LogP contribution in [-0.2, 0) is 0 Å². The Balaban J connectivity index is 2.09. The molecule has 4 heteroatoms. The zero-order chi connectivity index (χ0) is 14.0. The quantitative estimate of drug-likeness (QED) is 0.742. The maximum atomic E-state index is 12.1. The number of fused-ring (bicyclic) bond motifs is 1. The van der Waals surface area contributed by atoms with Crippen LogP contribution in [0.4, 0.5) is 5.69 Å². The number of aromatic amines is 1. The number of carbonyl (C=O) groups is 1. The fraction of sp³-hybridized carbons (Fsp3) is 0.400. The first-order valence-corrected chi connectivity index (χ1v) is 6.52. The van der Waals surface area contributed by atoms with Gasteiger partial charge in [0.2, 0.25) is 0 Å². The Morgan fingerprint density at radius 3 is 2.79 bits per heavy atom. The van der Waals surface area contributed by atoms with Gasteiger partial charge in [-0.05, 0) is 30.0 Å². The van der Waals surface area contributed by atoms with E-state index < -0.39 is 0 Å². The minimum atomic E-state index is -0.0414. The SMILES string of the molecule is CC(C)(C)CCNC(=O)c1c[nH]c2cc(N)ccc12. The van der Waals surface area contributed by atoms with Crippen LogP contribution in [0.2, 0.25) is 0 Å². The molecule has 0 saturated heterocycles. The van der Waals surface area contributed by atoms with Crippen LogP contribution in [-0.4, -0.2) is 17.4 Å². The molecule has 4 N–H and O–H groups in total. The van der Waals surface area contributed by atoms with Gasteiger partial charge in [0.25, 0.3) is 5.91 Å². The molecule has 0 aliphatic heterocycles. The third-order valence-electron chi connectivity index (χ3n) is 3.11. The number of H-pyrrole nitrogens is 1. The summed E-state index contributed by atoms with van der Waals surface area (Å²) in [4.78, 5) is 15.2. The largest absolute Gasteiger partial charge is 0.399 e. The first-order chi connectivity index (χ1) is 8.87. The van der Waals surface area contributed by atoms with Crippen LogP contribution in [0.5, 0.6) is 0 Å². The summed E-state index contributed by atoms with van der Waals surface area (Å²) in [6, 6.07) is 5.52. The monoisotopic (exact) mass is 259 g/mol. The molecule has 2 rings (SSSR count). The summed E-state index contributed by atoms with van der Waals surface area (Å²) in [7, 11) is 0. The van der Waals surface area contributed by atoms with Crippen molar-refractivity contribution in [3.63, 3.8) is 0 Å². The smallest absolute Gasteiger partial charge is 0.253 e. The van der Waals surface area contributed by atoms with E-state index in [2.05, 4.69) is 31.1 Å². The van der Waals surface area contributed by atoms with Gasteiger partial charge >= 0.3 is 0 Å². The highest BCUT2D eigenvalue weighted by Gasteiger charge is 2.14. The Bertz CT molecular complexity index is 593. The summed E-state index contributed by atoms with van der Waals surface area (Å²) in [6.45, 7) is 7.17. The van der Waals surface area contributed by atoms with E-state index in [4.69, 9.17) is 5.73 Å². The Morgan fingerprint density at radius 1 is 1.37 bits per heavy atom. The van der Waals surface area contributed by atoms with E-state index in [-0.39, 0.29) is 11.3 Å². The first kappa shape index (κ1) is 13.5. The molecule has 0 aliphatic rings. The van der Waals surface area contributed by atoms with Gasteiger partial charge in [-0.1, -0.05) is 20.8 Å². The van der Waals surface area contributed by atoms with Crippen LogP contribution in [0.15, 0.2) is 24.4 Å². The second-order valence-corrected chi connectivity index (χ2v) is 6.07. The maximum Gasteiger partial charge on any atom is 0.253 e. The maximum absolute atomic E-state index is 12.1. The molecule has 19 heavy (non-hydrogen) atoms. The molecule has 4 nitrogen and oxygen atoms in total. The summed E-state index contributed by atoms with van der Waals surface area (Å²) in [6.07, 6.45) is 2.69. The number of hydrogen-bond donors (Lipinski definition) is 3. The lowest BCUT2D eigenvalue weighted by atomic mass is 9.92. The van der Waals surface area contributed by atoms with Crippen LogP contribution in [0, 0.1) is 5.41 Å². The number of nitrogens with one attached hydrogen (secondary N) is 2. The van der Waals surface area contributed by atoms with Crippen molar-refractivity contribution >= 4 is 22.5 Å². The number of rotatable bonds is 3. The molecular weight excluding hydrogens is 238 g/mol. The van der Waals surface area contributed by atoms with Crippen molar-refractivity contribution in [1.82, 2.24) is 10.3 Å². The average molecular weight is 259 g/mol. The zero-order valence-electron chi connectivity index (χ0n) is 11.7. The van der Waals surface area contributed by atoms with Crippen molar-refractivity contribution in [2.45, 2.75) is 27.2 Å². The molecule has 0 unspecified atom stereocenters. The first-order valence-electron chi connectivity index (χ1n) is 6.52. The lowest BCUT2D eigenvalue weighted by molar-refractivity contribution is 0.0951. The lowest BCUT2D eigenvalue weighted by Gasteiger charge is -2.17. The Hall–Kier alpha value is -1.97. The second kappa shape index (κ2) is 4.96. The summed E-state index contributed by atoms with van der Waals surface area (Å²) < 4.78 is 0. The van der Waals surface area contributed by atoms with Crippen molar-refractivity contribution in [2.75, 3.05) is 12.3 Å². The molecule has 0 bridgehead atoms. The van der Waals surface area contributed by atoms with Gasteiger partial charge in [-0.15, -0.1) is 0 Å². The lowest BCUT2D eigenvalue weighted by Crippen LogP contribution is -2.27. The number of hydrogen-bond acceptors (Lipinski definition) is 2. The van der Waals surface area contributed by atoms with Gasteiger partial charge in [0, 0.05) is 29.3 Å². The molecule has 0 saturated carbocycles. The van der Waals surface area contributed by atoms with Crippen LogP contribution in [0.1, 0.15) is 37.6 Å². The van der Waals surface area contributed by atoms with Crippen LogP contribution in [0.3, 0.4) is 0 Å². The third kappa shape index (κ3) is 3.28. The molecule has 1 amide bonds.